The summed E-state index contributed by atoms with van der Waals surface area (Å²) in [5.74, 6) is 1.03. The second-order valence-corrected chi connectivity index (χ2v) is 8.83. The van der Waals surface area contributed by atoms with Crippen LogP contribution in [0.4, 0.5) is 11.4 Å². The maximum atomic E-state index is 11.9. The minimum atomic E-state index is 0. The molecule has 8 heteroatoms. The van der Waals surface area contributed by atoms with E-state index in [4.69, 9.17) is 0 Å². The number of rotatable bonds is 7. The van der Waals surface area contributed by atoms with Crippen LogP contribution in [0.5, 0.6) is 0 Å². The number of anilines is 2. The van der Waals surface area contributed by atoms with E-state index in [1.807, 2.05) is 17.0 Å². The van der Waals surface area contributed by atoms with E-state index < -0.39 is 0 Å². The maximum Gasteiger partial charge on any atom is 0.227 e. The SMILES string of the molecule is CN=C(NCc1ccc(N2CCCC2=O)cc1)NCC(C)N1CCN(c2ccccc2)CC1.I. The van der Waals surface area contributed by atoms with Gasteiger partial charge in [0.15, 0.2) is 5.96 Å². The average molecular weight is 577 g/mol. The summed E-state index contributed by atoms with van der Waals surface area (Å²) in [6, 6.07) is 19.3. The van der Waals surface area contributed by atoms with E-state index in [0.717, 1.165) is 57.3 Å². The maximum absolute atomic E-state index is 11.9. The van der Waals surface area contributed by atoms with Crippen LogP contribution in [-0.2, 0) is 11.3 Å². The largest absolute Gasteiger partial charge is 0.369 e. The molecule has 0 spiro atoms. The summed E-state index contributed by atoms with van der Waals surface area (Å²) in [5.41, 5.74) is 3.47. The predicted molar refractivity (Wildman–Crippen MR) is 151 cm³/mol. The summed E-state index contributed by atoms with van der Waals surface area (Å²) in [4.78, 5) is 23.2. The van der Waals surface area contributed by atoms with Gasteiger partial charge in [0.05, 0.1) is 0 Å². The van der Waals surface area contributed by atoms with E-state index in [2.05, 4.69) is 74.8 Å². The Morgan fingerprint density at radius 1 is 0.941 bits per heavy atom. The molecule has 0 bridgehead atoms. The molecule has 2 fully saturated rings. The molecule has 2 aromatic rings. The van der Waals surface area contributed by atoms with Crippen molar-refractivity contribution in [1.82, 2.24) is 15.5 Å². The van der Waals surface area contributed by atoms with Crippen LogP contribution >= 0.6 is 24.0 Å². The van der Waals surface area contributed by atoms with E-state index in [1.165, 1.54) is 11.3 Å². The lowest BCUT2D eigenvalue weighted by atomic mass is 10.2. The van der Waals surface area contributed by atoms with Crippen LogP contribution in [0.2, 0.25) is 0 Å². The van der Waals surface area contributed by atoms with Crippen LogP contribution in [0.25, 0.3) is 0 Å². The Kier molecular flexibility index (Phi) is 10.0. The quantitative estimate of drug-likeness (QED) is 0.301. The van der Waals surface area contributed by atoms with Crippen molar-refractivity contribution in [1.29, 1.82) is 0 Å². The fourth-order valence-corrected chi connectivity index (χ4v) is 4.55. The number of guanidine groups is 1. The molecule has 2 saturated heterocycles. The number of hydrogen-bond donors (Lipinski definition) is 2. The summed E-state index contributed by atoms with van der Waals surface area (Å²) in [6.45, 7) is 8.88. The van der Waals surface area contributed by atoms with Crippen molar-refractivity contribution in [2.24, 2.45) is 4.99 Å². The lowest BCUT2D eigenvalue weighted by Crippen LogP contribution is -2.53. The molecule has 0 aromatic heterocycles. The Bertz CT molecular complexity index is 928. The third-order valence-electron chi connectivity index (χ3n) is 6.63. The third kappa shape index (κ3) is 6.85. The van der Waals surface area contributed by atoms with Gasteiger partial charge in [0.2, 0.25) is 5.91 Å². The molecule has 4 rings (SSSR count). The first kappa shape index (κ1) is 26.3. The Morgan fingerprint density at radius 2 is 1.65 bits per heavy atom. The van der Waals surface area contributed by atoms with Crippen LogP contribution in [0.15, 0.2) is 59.6 Å². The van der Waals surface area contributed by atoms with Crippen LogP contribution in [-0.4, -0.2) is 69.1 Å². The van der Waals surface area contributed by atoms with Gasteiger partial charge in [-0.15, -0.1) is 24.0 Å². The molecule has 0 radical (unpaired) electrons. The molecule has 2 aliphatic rings. The molecule has 2 heterocycles. The summed E-state index contributed by atoms with van der Waals surface area (Å²) in [6.07, 6.45) is 1.61. The standard InChI is InChI=1S/C26H36N6O.HI/c1-21(30-15-17-31(18-16-30)23-7-4-3-5-8-23)19-28-26(27-2)29-20-22-10-12-24(13-11-22)32-14-6-9-25(32)33;/h3-5,7-8,10-13,21H,6,9,14-20H2,1-2H3,(H2,27,28,29);1H. The molecule has 1 amide bonds. The minimum Gasteiger partial charge on any atom is -0.369 e. The molecule has 184 valence electrons. The lowest BCUT2D eigenvalue weighted by molar-refractivity contribution is -0.117. The first-order valence-electron chi connectivity index (χ1n) is 12.0. The van der Waals surface area contributed by atoms with Crippen molar-refractivity contribution in [2.75, 3.05) is 56.1 Å². The number of piperazine rings is 1. The van der Waals surface area contributed by atoms with Gasteiger partial charge in [0, 0.05) is 76.7 Å². The van der Waals surface area contributed by atoms with Gasteiger partial charge in [-0.25, -0.2) is 0 Å². The molecule has 2 aliphatic heterocycles. The van der Waals surface area contributed by atoms with Crippen LogP contribution in [0.1, 0.15) is 25.3 Å². The summed E-state index contributed by atoms with van der Waals surface area (Å²) < 4.78 is 0. The number of carbonyl (C=O) groups excluding carboxylic acids is 1. The first-order valence-corrected chi connectivity index (χ1v) is 12.0. The van der Waals surface area contributed by atoms with Crippen molar-refractivity contribution in [3.8, 4) is 0 Å². The Labute approximate surface area is 220 Å². The Balaban J connectivity index is 0.00000324. The summed E-state index contributed by atoms with van der Waals surface area (Å²) in [7, 11) is 1.81. The highest BCUT2D eigenvalue weighted by atomic mass is 127. The molecule has 2 aromatic carbocycles. The molecule has 2 N–H and O–H groups in total. The smallest absolute Gasteiger partial charge is 0.227 e. The summed E-state index contributed by atoms with van der Waals surface area (Å²) in [5, 5.41) is 6.87. The van der Waals surface area contributed by atoms with Crippen molar-refractivity contribution in [3.05, 3.63) is 60.2 Å². The highest BCUT2D eigenvalue weighted by Crippen LogP contribution is 2.21. The average Bonchev–Trinajstić information content (AvgIpc) is 3.30. The van der Waals surface area contributed by atoms with Crippen LogP contribution in [0, 0.1) is 0 Å². The van der Waals surface area contributed by atoms with E-state index in [0.29, 0.717) is 19.0 Å². The van der Waals surface area contributed by atoms with Gasteiger partial charge in [-0.2, -0.15) is 0 Å². The molecule has 0 aliphatic carbocycles. The van der Waals surface area contributed by atoms with Gasteiger partial charge in [-0.05, 0) is 43.2 Å². The normalized spacial score (nSPS) is 17.9. The zero-order valence-electron chi connectivity index (χ0n) is 20.2. The first-order chi connectivity index (χ1) is 16.1. The summed E-state index contributed by atoms with van der Waals surface area (Å²) >= 11 is 0. The zero-order chi connectivity index (χ0) is 23.0. The Morgan fingerprint density at radius 3 is 2.26 bits per heavy atom. The van der Waals surface area contributed by atoms with Gasteiger partial charge in [-0.1, -0.05) is 30.3 Å². The highest BCUT2D eigenvalue weighted by molar-refractivity contribution is 14.0. The van der Waals surface area contributed by atoms with Crippen molar-refractivity contribution < 1.29 is 4.79 Å². The van der Waals surface area contributed by atoms with E-state index in [1.54, 1.807) is 7.05 Å². The van der Waals surface area contributed by atoms with Crippen molar-refractivity contribution in [2.45, 2.75) is 32.4 Å². The second kappa shape index (κ2) is 12.9. The third-order valence-corrected chi connectivity index (χ3v) is 6.63. The topological polar surface area (TPSA) is 63.2 Å². The van der Waals surface area contributed by atoms with E-state index in [-0.39, 0.29) is 29.9 Å². The number of carbonyl (C=O) groups is 1. The van der Waals surface area contributed by atoms with Crippen molar-refractivity contribution in [3.63, 3.8) is 0 Å². The van der Waals surface area contributed by atoms with Gasteiger partial charge < -0.3 is 20.4 Å². The van der Waals surface area contributed by atoms with Gasteiger partial charge in [0.1, 0.15) is 0 Å². The molecule has 7 nitrogen and oxygen atoms in total. The molecular formula is C26H37IN6O. The van der Waals surface area contributed by atoms with E-state index >= 15 is 0 Å². The predicted octanol–water partition coefficient (Wildman–Crippen LogP) is 3.31. The molecular weight excluding hydrogens is 539 g/mol. The number of nitrogens with zero attached hydrogens (tertiary/aromatic N) is 4. The molecule has 0 saturated carbocycles. The number of nitrogens with one attached hydrogen (secondary N) is 2. The van der Waals surface area contributed by atoms with Gasteiger partial charge >= 0.3 is 0 Å². The minimum absolute atomic E-state index is 0. The lowest BCUT2D eigenvalue weighted by Gasteiger charge is -2.39. The van der Waals surface area contributed by atoms with Gasteiger partial charge in [0.25, 0.3) is 0 Å². The van der Waals surface area contributed by atoms with Crippen LogP contribution < -0.4 is 20.4 Å². The number of benzene rings is 2. The molecule has 34 heavy (non-hydrogen) atoms. The van der Waals surface area contributed by atoms with Gasteiger partial charge in [-0.3, -0.25) is 14.7 Å². The number of hydrogen-bond acceptors (Lipinski definition) is 4. The number of para-hydroxylation sites is 1. The van der Waals surface area contributed by atoms with E-state index in [9.17, 15) is 4.79 Å². The number of aliphatic imine (C=N–C) groups is 1. The zero-order valence-corrected chi connectivity index (χ0v) is 22.6. The Hall–Kier alpha value is -2.33. The highest BCUT2D eigenvalue weighted by Gasteiger charge is 2.22. The molecule has 1 unspecified atom stereocenters. The monoisotopic (exact) mass is 576 g/mol. The van der Waals surface area contributed by atoms with Crippen molar-refractivity contribution >= 4 is 47.2 Å². The number of amides is 1. The number of halogens is 1. The fraction of sp³-hybridized carbons (Fsp3) is 0.462. The second-order valence-electron chi connectivity index (χ2n) is 8.83. The molecule has 1 atom stereocenters. The fourth-order valence-electron chi connectivity index (χ4n) is 4.55. The van der Waals surface area contributed by atoms with Crippen LogP contribution in [0.3, 0.4) is 0 Å².